The smallest absolute Gasteiger partial charge is 0.238 e. The number of amides is 1. The van der Waals surface area contributed by atoms with Gasteiger partial charge < -0.3 is 5.32 Å². The molecule has 0 aliphatic carbocycles. The normalized spacial score (nSPS) is 23.1. The van der Waals surface area contributed by atoms with Crippen molar-refractivity contribution >= 4 is 5.91 Å². The molecule has 1 aliphatic heterocycles. The summed E-state index contributed by atoms with van der Waals surface area (Å²) in [4.78, 5) is 12.5. The summed E-state index contributed by atoms with van der Waals surface area (Å²) in [6, 6.07) is 20.6. The van der Waals surface area contributed by atoms with Gasteiger partial charge in [0.25, 0.3) is 0 Å². The summed E-state index contributed by atoms with van der Waals surface area (Å²) in [6.07, 6.45) is 1.80. The molecule has 25 heavy (non-hydrogen) atoms. The average Bonchev–Trinajstić information content (AvgIpc) is 2.62. The Bertz CT molecular complexity index is 759. The van der Waals surface area contributed by atoms with Crippen molar-refractivity contribution in [2.24, 2.45) is 11.8 Å². The van der Waals surface area contributed by atoms with Crippen LogP contribution in [0.25, 0.3) is 0 Å². The first-order valence-corrected chi connectivity index (χ1v) is 8.92. The first-order valence-electron chi connectivity index (χ1n) is 8.92. The fourth-order valence-corrected chi connectivity index (χ4v) is 3.65. The van der Waals surface area contributed by atoms with Crippen LogP contribution in [-0.4, -0.2) is 5.91 Å². The third kappa shape index (κ3) is 3.91. The van der Waals surface area contributed by atoms with Crippen LogP contribution in [-0.2, 0) is 11.2 Å². The number of carbonyl (C=O) groups excluding carboxylic acids is 1. The molecule has 2 aromatic rings. The van der Waals surface area contributed by atoms with Crippen LogP contribution in [0.1, 0.15) is 48.9 Å². The van der Waals surface area contributed by atoms with Gasteiger partial charge in [0.1, 0.15) is 5.92 Å². The molecule has 1 aliphatic rings. The highest BCUT2D eigenvalue weighted by molar-refractivity contribution is 5.83. The molecule has 128 valence electrons. The highest BCUT2D eigenvalue weighted by Gasteiger charge is 2.37. The quantitative estimate of drug-likeness (QED) is 0.904. The van der Waals surface area contributed by atoms with Gasteiger partial charge in [-0.2, -0.15) is 5.26 Å². The van der Waals surface area contributed by atoms with Gasteiger partial charge in [-0.3, -0.25) is 4.79 Å². The molecule has 1 N–H and O–H groups in total. The van der Waals surface area contributed by atoms with Crippen molar-refractivity contribution < 1.29 is 4.79 Å². The van der Waals surface area contributed by atoms with Crippen molar-refractivity contribution in [3.05, 3.63) is 71.3 Å². The number of benzene rings is 2. The summed E-state index contributed by atoms with van der Waals surface area (Å²) in [5.74, 6) is -0.239. The van der Waals surface area contributed by atoms with E-state index >= 15 is 0 Å². The molecular weight excluding hydrogens is 308 g/mol. The lowest BCUT2D eigenvalue weighted by atomic mass is 9.77. The second-order valence-corrected chi connectivity index (χ2v) is 7.26. The molecule has 3 nitrogen and oxygen atoms in total. The Labute approximate surface area is 149 Å². The van der Waals surface area contributed by atoms with Crippen LogP contribution < -0.4 is 5.32 Å². The number of piperidine rings is 1. The maximum absolute atomic E-state index is 12.5. The maximum atomic E-state index is 12.5. The third-order valence-electron chi connectivity index (χ3n) is 4.88. The molecule has 3 rings (SSSR count). The van der Waals surface area contributed by atoms with Crippen LogP contribution in [0.5, 0.6) is 0 Å². The summed E-state index contributed by atoms with van der Waals surface area (Å²) < 4.78 is 0. The SMILES string of the molecule is CC(C)Cc1ccc(C2CC(c3ccccc3)C(C#N)C(=O)N2)cc1. The van der Waals surface area contributed by atoms with Gasteiger partial charge in [-0.25, -0.2) is 0 Å². The van der Waals surface area contributed by atoms with Crippen molar-refractivity contribution in [1.29, 1.82) is 5.26 Å². The zero-order valence-electron chi connectivity index (χ0n) is 14.8. The Morgan fingerprint density at radius 2 is 1.76 bits per heavy atom. The summed E-state index contributed by atoms with van der Waals surface area (Å²) in [7, 11) is 0. The molecule has 1 fully saturated rings. The van der Waals surface area contributed by atoms with Crippen molar-refractivity contribution in [3.63, 3.8) is 0 Å². The van der Waals surface area contributed by atoms with Gasteiger partial charge in [0.15, 0.2) is 0 Å². The van der Waals surface area contributed by atoms with Gasteiger partial charge in [0, 0.05) is 5.92 Å². The van der Waals surface area contributed by atoms with Crippen molar-refractivity contribution in [2.75, 3.05) is 0 Å². The Morgan fingerprint density at radius 3 is 2.36 bits per heavy atom. The van der Waals surface area contributed by atoms with E-state index in [1.54, 1.807) is 0 Å². The monoisotopic (exact) mass is 332 g/mol. The Morgan fingerprint density at radius 1 is 1.08 bits per heavy atom. The zero-order valence-corrected chi connectivity index (χ0v) is 14.8. The third-order valence-corrected chi connectivity index (χ3v) is 4.88. The highest BCUT2D eigenvalue weighted by atomic mass is 16.2. The van der Waals surface area contributed by atoms with E-state index < -0.39 is 5.92 Å². The predicted molar refractivity (Wildman–Crippen MR) is 98.8 cm³/mol. The first kappa shape index (κ1) is 17.2. The molecule has 3 atom stereocenters. The number of nitrogens with one attached hydrogen (secondary N) is 1. The molecule has 3 heteroatoms. The number of nitriles is 1. The summed E-state index contributed by atoms with van der Waals surface area (Å²) in [5.41, 5.74) is 3.49. The van der Waals surface area contributed by atoms with E-state index in [0.717, 1.165) is 24.0 Å². The van der Waals surface area contributed by atoms with Gasteiger partial charge >= 0.3 is 0 Å². The second-order valence-electron chi connectivity index (χ2n) is 7.26. The number of nitrogens with zero attached hydrogens (tertiary/aromatic N) is 1. The van der Waals surface area contributed by atoms with Gasteiger partial charge in [0.05, 0.1) is 12.1 Å². The van der Waals surface area contributed by atoms with E-state index in [0.29, 0.717) is 5.92 Å². The minimum absolute atomic E-state index is 0.0459. The molecule has 1 heterocycles. The molecule has 2 aromatic carbocycles. The number of rotatable bonds is 4. The van der Waals surface area contributed by atoms with E-state index in [9.17, 15) is 10.1 Å². The molecular formula is C22H24N2O. The fraction of sp³-hybridized carbons (Fsp3) is 0.364. The highest BCUT2D eigenvalue weighted by Crippen LogP contribution is 2.38. The fourth-order valence-electron chi connectivity index (χ4n) is 3.65. The Balaban J connectivity index is 1.83. The molecule has 0 spiro atoms. The second kappa shape index (κ2) is 7.53. The van der Waals surface area contributed by atoms with Crippen molar-refractivity contribution in [3.8, 4) is 6.07 Å². The van der Waals surface area contributed by atoms with E-state index in [1.165, 1.54) is 5.56 Å². The minimum atomic E-state index is -0.626. The molecule has 0 aromatic heterocycles. The Hall–Kier alpha value is -2.60. The lowest BCUT2D eigenvalue weighted by molar-refractivity contribution is -0.126. The molecule has 0 radical (unpaired) electrons. The van der Waals surface area contributed by atoms with Gasteiger partial charge in [-0.1, -0.05) is 68.4 Å². The van der Waals surface area contributed by atoms with Crippen LogP contribution in [0, 0.1) is 23.2 Å². The van der Waals surface area contributed by atoms with Crippen LogP contribution in [0.3, 0.4) is 0 Å². The largest absolute Gasteiger partial charge is 0.348 e. The molecule has 1 amide bonds. The summed E-state index contributed by atoms with van der Waals surface area (Å²) in [6.45, 7) is 4.42. The average molecular weight is 332 g/mol. The first-order chi connectivity index (χ1) is 12.1. The molecule has 1 saturated heterocycles. The lowest BCUT2D eigenvalue weighted by Gasteiger charge is -2.33. The predicted octanol–water partition coefficient (Wildman–Crippen LogP) is 4.37. The van der Waals surface area contributed by atoms with Crippen LogP contribution in [0.2, 0.25) is 0 Å². The minimum Gasteiger partial charge on any atom is -0.348 e. The van der Waals surface area contributed by atoms with Crippen molar-refractivity contribution in [1.82, 2.24) is 5.32 Å². The van der Waals surface area contributed by atoms with Crippen LogP contribution >= 0.6 is 0 Å². The van der Waals surface area contributed by atoms with Crippen LogP contribution in [0.4, 0.5) is 0 Å². The molecule has 3 unspecified atom stereocenters. The number of hydrogen-bond acceptors (Lipinski definition) is 2. The summed E-state index contributed by atoms with van der Waals surface area (Å²) in [5, 5.41) is 12.5. The van der Waals surface area contributed by atoms with Gasteiger partial charge in [-0.15, -0.1) is 0 Å². The zero-order chi connectivity index (χ0) is 17.8. The van der Waals surface area contributed by atoms with Gasteiger partial charge in [-0.05, 0) is 35.4 Å². The van der Waals surface area contributed by atoms with E-state index in [-0.39, 0.29) is 17.9 Å². The van der Waals surface area contributed by atoms with Crippen molar-refractivity contribution in [2.45, 2.75) is 38.6 Å². The molecule has 0 bridgehead atoms. The van der Waals surface area contributed by atoms with Gasteiger partial charge in [0.2, 0.25) is 5.91 Å². The summed E-state index contributed by atoms with van der Waals surface area (Å²) >= 11 is 0. The lowest BCUT2D eigenvalue weighted by Crippen LogP contribution is -2.42. The van der Waals surface area contributed by atoms with E-state index in [2.05, 4.69) is 49.5 Å². The number of carbonyl (C=O) groups is 1. The standard InChI is InChI=1S/C22H24N2O/c1-15(2)12-16-8-10-18(11-9-16)21-13-19(17-6-4-3-5-7-17)20(14-23)22(25)24-21/h3-11,15,19-21H,12-13H2,1-2H3,(H,24,25). The Kier molecular flexibility index (Phi) is 5.19. The van der Waals surface area contributed by atoms with E-state index in [4.69, 9.17) is 0 Å². The van der Waals surface area contributed by atoms with E-state index in [1.807, 2.05) is 30.3 Å². The number of hydrogen-bond donors (Lipinski definition) is 1. The maximum Gasteiger partial charge on any atom is 0.238 e. The topological polar surface area (TPSA) is 52.9 Å². The van der Waals surface area contributed by atoms with Crippen LogP contribution in [0.15, 0.2) is 54.6 Å². The molecule has 0 saturated carbocycles.